The van der Waals surface area contributed by atoms with Crippen molar-refractivity contribution in [1.29, 1.82) is 0 Å². The van der Waals surface area contributed by atoms with E-state index in [1.807, 2.05) is 6.07 Å². The molecule has 72 valence electrons. The Balaban J connectivity index is 2.86. The van der Waals surface area contributed by atoms with Crippen molar-refractivity contribution in [3.8, 4) is 0 Å². The number of hydrogen-bond acceptors (Lipinski definition) is 2. The number of carbonyl (C=O) groups excluding carboxylic acids is 2. The number of Topliss-reactive ketones (excluding diaryl/α,β-unsaturated/α-hetero) is 2. The van der Waals surface area contributed by atoms with E-state index in [0.29, 0.717) is 5.56 Å². The van der Waals surface area contributed by atoms with Gasteiger partial charge in [0.15, 0.2) is 0 Å². The normalized spacial score (nSPS) is 12.2. The summed E-state index contributed by atoms with van der Waals surface area (Å²) in [7, 11) is 0. The molecule has 1 rings (SSSR count). The Morgan fingerprint density at radius 3 is 2.23 bits per heavy atom. The first-order chi connectivity index (χ1) is 6.13. The van der Waals surface area contributed by atoms with Gasteiger partial charge in [-0.05, 0) is 0 Å². The number of ketones is 2. The first-order valence-electron chi connectivity index (χ1n) is 3.82. The average molecular weight is 269 g/mol. The van der Waals surface area contributed by atoms with Crippen LogP contribution in [0.5, 0.6) is 0 Å². The first-order valence-corrected chi connectivity index (χ1v) is 4.68. The third-order valence-corrected chi connectivity index (χ3v) is 2.59. The van der Waals surface area contributed by atoms with Gasteiger partial charge in [-0.1, -0.05) is 0 Å². The van der Waals surface area contributed by atoms with Crippen LogP contribution >= 0.6 is 0 Å². The van der Waals surface area contributed by atoms with E-state index in [2.05, 4.69) is 21.1 Å². The van der Waals surface area contributed by atoms with Gasteiger partial charge in [0.2, 0.25) is 0 Å². The fourth-order valence-corrected chi connectivity index (χ4v) is 1.17. The van der Waals surface area contributed by atoms with Crippen LogP contribution in [0.15, 0.2) is 30.3 Å². The van der Waals surface area contributed by atoms with Crippen molar-refractivity contribution >= 4 is 11.6 Å². The van der Waals surface area contributed by atoms with Crippen molar-refractivity contribution in [2.75, 3.05) is 0 Å². The van der Waals surface area contributed by atoms with E-state index in [1.165, 1.54) is 6.92 Å². The van der Waals surface area contributed by atoms with Crippen LogP contribution in [0.3, 0.4) is 0 Å². The molecule has 0 saturated carbocycles. The second kappa shape index (κ2) is 4.51. The quantitative estimate of drug-likeness (QED) is 0.476. The monoisotopic (exact) mass is 268 g/mol. The van der Waals surface area contributed by atoms with Gasteiger partial charge in [-0.25, -0.2) is 0 Å². The minimum absolute atomic E-state index is 0.173. The van der Waals surface area contributed by atoms with Crippen molar-refractivity contribution in [2.24, 2.45) is 0 Å². The zero-order valence-electron chi connectivity index (χ0n) is 7.08. The molecule has 0 aliphatic rings. The van der Waals surface area contributed by atoms with Gasteiger partial charge in [-0.3, -0.25) is 0 Å². The van der Waals surface area contributed by atoms with Crippen LogP contribution in [0, 0.1) is 0 Å². The summed E-state index contributed by atoms with van der Waals surface area (Å²) in [4.78, 5) is 22.4. The minimum atomic E-state index is -0.716. The van der Waals surface area contributed by atoms with Gasteiger partial charge < -0.3 is 0 Å². The Labute approximate surface area is 89.2 Å². The standard InChI is InChI=1S/C10H9O2.Ag/c1-8(11)7-10(12)9-5-3-2-4-6-9;/h2-7H,1H3;. The fourth-order valence-electron chi connectivity index (χ4n) is 0.921. The summed E-state index contributed by atoms with van der Waals surface area (Å²) in [5.41, 5.74) is 0.555. The average Bonchev–Trinajstić information content (AvgIpc) is 2.17. The number of rotatable bonds is 3. The summed E-state index contributed by atoms with van der Waals surface area (Å²) in [6.45, 7) is 1.39. The van der Waals surface area contributed by atoms with Crippen LogP contribution in [-0.2, 0) is 25.9 Å². The van der Waals surface area contributed by atoms with Gasteiger partial charge in [-0.15, -0.1) is 0 Å². The predicted octanol–water partition coefficient (Wildman–Crippen LogP) is 1.79. The van der Waals surface area contributed by atoms with Crippen LogP contribution in [0.25, 0.3) is 0 Å². The molecule has 0 spiro atoms. The molecule has 3 heteroatoms. The predicted molar refractivity (Wildman–Crippen MR) is 45.2 cm³/mol. The van der Waals surface area contributed by atoms with Gasteiger partial charge in [0.05, 0.1) is 0 Å². The van der Waals surface area contributed by atoms with Gasteiger partial charge >= 0.3 is 89.2 Å². The maximum atomic E-state index is 11.5. The molecule has 1 aromatic carbocycles. The van der Waals surface area contributed by atoms with E-state index in [0.717, 1.165) is 0 Å². The zero-order chi connectivity index (χ0) is 9.84. The molecule has 0 aliphatic heterocycles. The van der Waals surface area contributed by atoms with Gasteiger partial charge in [0.25, 0.3) is 0 Å². The molecule has 0 fully saturated rings. The second-order valence-electron chi connectivity index (χ2n) is 2.66. The zero-order valence-corrected chi connectivity index (χ0v) is 8.56. The molecule has 0 aliphatic carbocycles. The fraction of sp³-hybridized carbons (Fsp3) is 0.200. The van der Waals surface area contributed by atoms with Crippen molar-refractivity contribution < 1.29 is 30.7 Å². The molecule has 0 N–H and O–H groups in total. The number of hydrogen-bond donors (Lipinski definition) is 0. The molecule has 0 bridgehead atoms. The van der Waals surface area contributed by atoms with Gasteiger partial charge in [0, 0.05) is 0 Å². The summed E-state index contributed by atoms with van der Waals surface area (Å²) in [6, 6.07) is 8.76. The molecule has 0 aromatic heterocycles. The molecular formula is C10H9AgO2. The van der Waals surface area contributed by atoms with Crippen molar-refractivity contribution in [3.63, 3.8) is 0 Å². The molecule has 0 heterocycles. The van der Waals surface area contributed by atoms with Crippen molar-refractivity contribution in [1.82, 2.24) is 0 Å². The summed E-state index contributed by atoms with van der Waals surface area (Å²) < 4.78 is -0.716. The Morgan fingerprint density at radius 1 is 1.23 bits per heavy atom. The van der Waals surface area contributed by atoms with Crippen LogP contribution in [0.2, 0.25) is 4.14 Å². The third-order valence-electron chi connectivity index (χ3n) is 1.59. The molecule has 1 atom stereocenters. The van der Waals surface area contributed by atoms with Crippen LogP contribution < -0.4 is 0 Å². The summed E-state index contributed by atoms with van der Waals surface area (Å²) >= 11 is 3.06. The van der Waals surface area contributed by atoms with E-state index in [1.54, 1.807) is 24.3 Å². The van der Waals surface area contributed by atoms with Crippen LogP contribution in [-0.4, -0.2) is 11.6 Å². The SMILES string of the molecule is CC(=O)[CH]([Ag])C(=O)c1ccccc1. The Hall–Kier alpha value is -0.700. The Bertz CT molecular complexity index is 319. The molecule has 0 radical (unpaired) electrons. The topological polar surface area (TPSA) is 34.1 Å². The summed E-state index contributed by atoms with van der Waals surface area (Å²) in [5.74, 6) is -0.362. The van der Waals surface area contributed by atoms with Crippen molar-refractivity contribution in [2.45, 2.75) is 11.1 Å². The maximum absolute atomic E-state index is 11.5. The summed E-state index contributed by atoms with van der Waals surface area (Å²) in [6.07, 6.45) is 0. The summed E-state index contributed by atoms with van der Waals surface area (Å²) in [5, 5.41) is 0. The molecule has 0 amide bonds. The molecule has 1 aromatic rings. The number of carbonyl (C=O) groups is 2. The van der Waals surface area contributed by atoms with Crippen LogP contribution in [0.4, 0.5) is 0 Å². The molecule has 13 heavy (non-hydrogen) atoms. The Kier molecular flexibility index (Phi) is 3.60. The second-order valence-corrected chi connectivity index (χ2v) is 3.52. The van der Waals surface area contributed by atoms with Crippen molar-refractivity contribution in [3.05, 3.63) is 35.9 Å². The molecule has 1 unspecified atom stereocenters. The third kappa shape index (κ3) is 2.62. The van der Waals surface area contributed by atoms with E-state index < -0.39 is 4.14 Å². The van der Waals surface area contributed by atoms with E-state index in [9.17, 15) is 9.59 Å². The Morgan fingerprint density at radius 2 is 1.77 bits per heavy atom. The van der Waals surface area contributed by atoms with E-state index in [-0.39, 0.29) is 11.6 Å². The van der Waals surface area contributed by atoms with Crippen LogP contribution in [0.1, 0.15) is 17.3 Å². The van der Waals surface area contributed by atoms with Gasteiger partial charge in [-0.2, -0.15) is 0 Å². The van der Waals surface area contributed by atoms with E-state index >= 15 is 0 Å². The number of benzene rings is 1. The van der Waals surface area contributed by atoms with Gasteiger partial charge in [0.1, 0.15) is 0 Å². The molecule has 2 nitrogen and oxygen atoms in total. The molecular weight excluding hydrogens is 260 g/mol. The first kappa shape index (κ1) is 10.4. The molecule has 0 saturated heterocycles. The van der Waals surface area contributed by atoms with E-state index in [4.69, 9.17) is 0 Å².